The Kier molecular flexibility index (Phi) is 6.04. The molecule has 0 bridgehead atoms. The number of fused-ring (bicyclic) bond motifs is 1. The van der Waals surface area contributed by atoms with Crippen molar-refractivity contribution in [1.29, 1.82) is 0 Å². The molecule has 1 aliphatic heterocycles. The molecule has 5 rings (SSSR count). The van der Waals surface area contributed by atoms with E-state index in [1.165, 1.54) is 0 Å². The summed E-state index contributed by atoms with van der Waals surface area (Å²) in [5, 5.41) is 8.24. The number of nitrogens with one attached hydrogen (secondary N) is 1. The normalized spacial score (nSPS) is 18.4. The number of amides is 1. The first-order valence-electron chi connectivity index (χ1n) is 11.6. The molecule has 7 nitrogen and oxygen atoms in total. The van der Waals surface area contributed by atoms with Crippen LogP contribution in [0.5, 0.6) is 0 Å². The molecule has 2 atom stereocenters. The number of aryl methyl sites for hydroxylation is 2. The molecule has 1 N–H and O–H groups in total. The molecule has 34 heavy (non-hydrogen) atoms. The van der Waals surface area contributed by atoms with Gasteiger partial charge in [-0.15, -0.1) is 0 Å². The molecule has 0 aliphatic carbocycles. The Morgan fingerprint density at radius 3 is 2.91 bits per heavy atom. The minimum Gasteiger partial charge on any atom is -0.424 e. The summed E-state index contributed by atoms with van der Waals surface area (Å²) in [6.07, 6.45) is 5.80. The van der Waals surface area contributed by atoms with Crippen LogP contribution in [0.4, 0.5) is 6.01 Å². The Morgan fingerprint density at radius 2 is 2.12 bits per heavy atom. The SMILES string of the molecule is Cc1ccc(-c2cnn(C)c2)c(C(=O)N2CCCC(C)C2CNc2nc3cc(Cl)ccc3o2)c1. The number of hydrogen-bond donors (Lipinski definition) is 1. The van der Waals surface area contributed by atoms with Crippen LogP contribution in [0.3, 0.4) is 0 Å². The predicted octanol–water partition coefficient (Wildman–Crippen LogP) is 5.54. The maximum absolute atomic E-state index is 13.9. The van der Waals surface area contributed by atoms with Crippen molar-refractivity contribution >= 4 is 34.6 Å². The number of halogens is 1. The van der Waals surface area contributed by atoms with Crippen LogP contribution < -0.4 is 5.32 Å². The molecule has 1 fully saturated rings. The smallest absolute Gasteiger partial charge is 0.295 e. The number of nitrogens with zero attached hydrogens (tertiary/aromatic N) is 4. The summed E-state index contributed by atoms with van der Waals surface area (Å²) < 4.78 is 7.59. The maximum atomic E-state index is 13.9. The van der Waals surface area contributed by atoms with Gasteiger partial charge in [-0.3, -0.25) is 9.48 Å². The largest absolute Gasteiger partial charge is 0.424 e. The van der Waals surface area contributed by atoms with Crippen molar-refractivity contribution in [2.45, 2.75) is 32.7 Å². The van der Waals surface area contributed by atoms with E-state index in [1.807, 2.05) is 49.3 Å². The standard InChI is InChI=1S/C26H28ClN5O2/c1-16-6-8-20(18-13-29-31(3)15-18)21(11-16)25(33)32-10-4-5-17(2)23(32)14-28-26-30-22-12-19(27)7-9-24(22)34-26/h6-9,11-13,15,17,23H,4-5,10,14H2,1-3H3,(H,28,30). The van der Waals surface area contributed by atoms with Crippen LogP contribution in [0, 0.1) is 12.8 Å². The van der Waals surface area contributed by atoms with Gasteiger partial charge in [-0.05, 0) is 55.5 Å². The lowest BCUT2D eigenvalue weighted by molar-refractivity contribution is 0.0540. The molecule has 2 aromatic heterocycles. The summed E-state index contributed by atoms with van der Waals surface area (Å²) in [5.41, 5.74) is 5.00. The Balaban J connectivity index is 1.41. The quantitative estimate of drug-likeness (QED) is 0.408. The van der Waals surface area contributed by atoms with Crippen molar-refractivity contribution in [3.63, 3.8) is 0 Å². The van der Waals surface area contributed by atoms with E-state index in [4.69, 9.17) is 16.0 Å². The van der Waals surface area contributed by atoms with Crippen molar-refractivity contribution in [1.82, 2.24) is 19.7 Å². The van der Waals surface area contributed by atoms with Crippen LogP contribution in [0.15, 0.2) is 53.2 Å². The molecule has 0 radical (unpaired) electrons. The number of aromatic nitrogens is 3. The third kappa shape index (κ3) is 4.40. The fraction of sp³-hybridized carbons (Fsp3) is 0.346. The molecular formula is C26H28ClN5O2. The third-order valence-electron chi connectivity index (χ3n) is 6.61. The highest BCUT2D eigenvalue weighted by molar-refractivity contribution is 6.31. The fourth-order valence-electron chi connectivity index (χ4n) is 4.78. The number of likely N-dealkylation sites (tertiary alicyclic amines) is 1. The van der Waals surface area contributed by atoms with E-state index in [0.717, 1.165) is 36.1 Å². The highest BCUT2D eigenvalue weighted by atomic mass is 35.5. The van der Waals surface area contributed by atoms with E-state index in [1.54, 1.807) is 23.0 Å². The zero-order chi connectivity index (χ0) is 23.8. The third-order valence-corrected chi connectivity index (χ3v) is 6.85. The molecule has 3 heterocycles. The van der Waals surface area contributed by atoms with Gasteiger partial charge >= 0.3 is 0 Å². The van der Waals surface area contributed by atoms with Gasteiger partial charge in [0.15, 0.2) is 5.58 Å². The number of carbonyl (C=O) groups excluding carboxylic acids is 1. The van der Waals surface area contributed by atoms with Gasteiger partial charge in [0.05, 0.1) is 12.2 Å². The van der Waals surface area contributed by atoms with E-state index in [9.17, 15) is 4.79 Å². The number of anilines is 1. The maximum Gasteiger partial charge on any atom is 0.295 e. The van der Waals surface area contributed by atoms with E-state index in [0.29, 0.717) is 40.2 Å². The second kappa shape index (κ2) is 9.14. The summed E-state index contributed by atoms with van der Waals surface area (Å²) in [4.78, 5) is 20.4. The van der Waals surface area contributed by atoms with Crippen LogP contribution >= 0.6 is 11.6 Å². The lowest BCUT2D eigenvalue weighted by atomic mass is 9.89. The lowest BCUT2D eigenvalue weighted by Crippen LogP contribution is -2.51. The average molecular weight is 478 g/mol. The second-order valence-electron chi connectivity index (χ2n) is 9.15. The Labute approximate surface area is 203 Å². The van der Waals surface area contributed by atoms with Crippen LogP contribution in [-0.2, 0) is 7.05 Å². The highest BCUT2D eigenvalue weighted by Crippen LogP contribution is 2.30. The van der Waals surface area contributed by atoms with Crippen molar-refractivity contribution in [2.24, 2.45) is 13.0 Å². The minimum atomic E-state index is 0.0158. The number of benzene rings is 2. The van der Waals surface area contributed by atoms with Crippen molar-refractivity contribution in [3.8, 4) is 11.1 Å². The Bertz CT molecular complexity index is 1340. The first kappa shape index (κ1) is 22.5. The van der Waals surface area contributed by atoms with Crippen molar-refractivity contribution in [3.05, 3.63) is 64.9 Å². The summed E-state index contributed by atoms with van der Waals surface area (Å²) in [6, 6.07) is 11.9. The van der Waals surface area contributed by atoms with Gasteiger partial charge in [-0.1, -0.05) is 36.2 Å². The molecule has 176 valence electrons. The Hall–Kier alpha value is -3.32. The molecule has 2 unspecified atom stereocenters. The van der Waals surface area contributed by atoms with Crippen LogP contribution in [-0.4, -0.2) is 44.7 Å². The van der Waals surface area contributed by atoms with E-state index in [2.05, 4.69) is 22.3 Å². The summed E-state index contributed by atoms with van der Waals surface area (Å²) >= 11 is 6.08. The van der Waals surface area contributed by atoms with Crippen molar-refractivity contribution in [2.75, 3.05) is 18.4 Å². The first-order chi connectivity index (χ1) is 16.4. The van der Waals surface area contributed by atoms with Crippen LogP contribution in [0.1, 0.15) is 35.7 Å². The summed E-state index contributed by atoms with van der Waals surface area (Å²) in [6.45, 7) is 5.50. The monoisotopic (exact) mass is 477 g/mol. The van der Waals surface area contributed by atoms with Crippen molar-refractivity contribution < 1.29 is 9.21 Å². The molecule has 1 aliphatic rings. The number of rotatable bonds is 5. The number of carbonyl (C=O) groups is 1. The van der Waals surface area contributed by atoms with E-state index >= 15 is 0 Å². The topological polar surface area (TPSA) is 76.2 Å². The van der Waals surface area contributed by atoms with Gasteiger partial charge in [0, 0.05) is 42.5 Å². The zero-order valence-corrected chi connectivity index (χ0v) is 20.3. The van der Waals surface area contributed by atoms with Crippen LogP contribution in [0.25, 0.3) is 22.2 Å². The number of piperidine rings is 1. The predicted molar refractivity (Wildman–Crippen MR) is 134 cm³/mol. The van der Waals surface area contributed by atoms with Gasteiger partial charge in [-0.2, -0.15) is 10.1 Å². The van der Waals surface area contributed by atoms with Gasteiger partial charge in [-0.25, -0.2) is 0 Å². The Morgan fingerprint density at radius 1 is 1.26 bits per heavy atom. The summed E-state index contributed by atoms with van der Waals surface area (Å²) in [7, 11) is 1.88. The molecule has 0 spiro atoms. The second-order valence-corrected chi connectivity index (χ2v) is 9.59. The van der Waals surface area contributed by atoms with Gasteiger partial charge < -0.3 is 14.6 Å². The first-order valence-corrected chi connectivity index (χ1v) is 12.0. The highest BCUT2D eigenvalue weighted by Gasteiger charge is 2.33. The van der Waals surface area contributed by atoms with E-state index in [-0.39, 0.29) is 11.9 Å². The van der Waals surface area contributed by atoms with Gasteiger partial charge in [0.1, 0.15) is 5.52 Å². The number of hydrogen-bond acceptors (Lipinski definition) is 5. The average Bonchev–Trinajstić information content (AvgIpc) is 3.43. The van der Waals surface area contributed by atoms with Gasteiger partial charge in [0.25, 0.3) is 11.9 Å². The lowest BCUT2D eigenvalue weighted by Gasteiger charge is -2.40. The molecule has 4 aromatic rings. The molecule has 1 amide bonds. The molecular weight excluding hydrogens is 450 g/mol. The number of oxazole rings is 1. The summed E-state index contributed by atoms with van der Waals surface area (Å²) in [5.74, 6) is 0.390. The van der Waals surface area contributed by atoms with Gasteiger partial charge in [0.2, 0.25) is 0 Å². The molecule has 2 aromatic carbocycles. The zero-order valence-electron chi connectivity index (χ0n) is 19.6. The van der Waals surface area contributed by atoms with E-state index < -0.39 is 0 Å². The fourth-order valence-corrected chi connectivity index (χ4v) is 4.95. The minimum absolute atomic E-state index is 0.0158. The van der Waals surface area contributed by atoms with Crippen LogP contribution in [0.2, 0.25) is 5.02 Å². The molecule has 8 heteroatoms. The molecule has 1 saturated heterocycles. The molecule has 0 saturated carbocycles.